The number of benzene rings is 1. The van der Waals surface area contributed by atoms with E-state index in [9.17, 15) is 4.79 Å². The van der Waals surface area contributed by atoms with E-state index in [2.05, 4.69) is 46.9 Å². The number of hydrogen-bond donors (Lipinski definition) is 0. The van der Waals surface area contributed by atoms with Crippen molar-refractivity contribution < 1.29 is 4.79 Å². The third-order valence-electron chi connectivity index (χ3n) is 5.24. The highest BCUT2D eigenvalue weighted by Crippen LogP contribution is 2.52. The fraction of sp³-hybridized carbons (Fsp3) is 0.500. The molecule has 21 heavy (non-hydrogen) atoms. The van der Waals surface area contributed by atoms with Crippen molar-refractivity contribution in [2.24, 2.45) is 5.41 Å². The van der Waals surface area contributed by atoms with Crippen LogP contribution in [0.15, 0.2) is 30.5 Å². The van der Waals surface area contributed by atoms with E-state index >= 15 is 0 Å². The number of likely N-dealkylation sites (tertiary alicyclic amines) is 1. The highest BCUT2D eigenvalue weighted by atomic mass is 16.2. The minimum absolute atomic E-state index is 0.327. The van der Waals surface area contributed by atoms with Gasteiger partial charge in [-0.1, -0.05) is 11.6 Å². The first kappa shape index (κ1) is 12.9. The van der Waals surface area contributed by atoms with Gasteiger partial charge in [-0.05, 0) is 55.2 Å². The Balaban J connectivity index is 1.42. The number of amides is 1. The lowest BCUT2D eigenvalue weighted by Gasteiger charge is -2.16. The molecule has 2 heterocycles. The third kappa shape index (κ3) is 2.35. The first-order valence-corrected chi connectivity index (χ1v) is 7.99. The normalized spacial score (nSPS) is 19.6. The number of nitrogens with zero attached hydrogens (tertiary/aromatic N) is 2. The molecule has 2 fully saturated rings. The van der Waals surface area contributed by atoms with Crippen molar-refractivity contribution >= 4 is 16.8 Å². The zero-order valence-electron chi connectivity index (χ0n) is 12.6. The van der Waals surface area contributed by atoms with Crippen molar-refractivity contribution in [3.05, 3.63) is 36.0 Å². The summed E-state index contributed by atoms with van der Waals surface area (Å²) < 4.78 is 2.20. The summed E-state index contributed by atoms with van der Waals surface area (Å²) in [6.45, 7) is 4.89. The monoisotopic (exact) mass is 282 g/mol. The van der Waals surface area contributed by atoms with Crippen molar-refractivity contribution in [2.75, 3.05) is 13.1 Å². The van der Waals surface area contributed by atoms with Crippen LogP contribution in [0, 0.1) is 12.3 Å². The first-order chi connectivity index (χ1) is 10.2. The molecule has 1 aromatic heterocycles. The third-order valence-corrected chi connectivity index (χ3v) is 5.24. The summed E-state index contributed by atoms with van der Waals surface area (Å²) in [4.78, 5) is 14.4. The molecule has 1 aromatic carbocycles. The van der Waals surface area contributed by atoms with Crippen molar-refractivity contribution in [3.8, 4) is 0 Å². The smallest absolute Gasteiger partial charge is 0.224 e. The van der Waals surface area contributed by atoms with E-state index in [0.717, 1.165) is 19.6 Å². The van der Waals surface area contributed by atoms with Gasteiger partial charge in [-0.15, -0.1) is 0 Å². The van der Waals surface area contributed by atoms with Gasteiger partial charge in [0.1, 0.15) is 0 Å². The average molecular weight is 282 g/mol. The SMILES string of the molecule is Cc1ccc2c(ccn2CCC(=O)N2CCC3(CC3)C2)c1. The van der Waals surface area contributed by atoms with Crippen LogP contribution < -0.4 is 0 Å². The summed E-state index contributed by atoms with van der Waals surface area (Å²) >= 11 is 0. The molecule has 110 valence electrons. The van der Waals surface area contributed by atoms with Crippen LogP contribution in [-0.4, -0.2) is 28.5 Å². The van der Waals surface area contributed by atoms with Gasteiger partial charge < -0.3 is 9.47 Å². The lowest BCUT2D eigenvalue weighted by Crippen LogP contribution is -2.29. The molecule has 0 radical (unpaired) electrons. The molecule has 0 bridgehead atoms. The van der Waals surface area contributed by atoms with Gasteiger partial charge in [-0.3, -0.25) is 4.79 Å². The average Bonchev–Trinajstić information content (AvgIpc) is 2.92. The van der Waals surface area contributed by atoms with Crippen molar-refractivity contribution in [1.29, 1.82) is 0 Å². The summed E-state index contributed by atoms with van der Waals surface area (Å²) in [7, 11) is 0. The van der Waals surface area contributed by atoms with E-state index in [4.69, 9.17) is 0 Å². The van der Waals surface area contributed by atoms with Crippen LogP contribution in [-0.2, 0) is 11.3 Å². The molecule has 4 rings (SSSR count). The van der Waals surface area contributed by atoms with Crippen LogP contribution in [0.1, 0.15) is 31.2 Å². The maximum atomic E-state index is 12.4. The number of aromatic nitrogens is 1. The summed E-state index contributed by atoms with van der Waals surface area (Å²) in [6.07, 6.45) is 6.61. The molecule has 1 aliphatic carbocycles. The Bertz CT molecular complexity index is 696. The maximum absolute atomic E-state index is 12.4. The standard InChI is InChI=1S/C18H22N2O/c1-14-2-3-16-15(12-14)4-9-19(16)10-5-17(21)20-11-8-18(13-20)6-7-18/h2-4,9,12H,5-8,10-11,13H2,1H3. The summed E-state index contributed by atoms with van der Waals surface area (Å²) in [5.41, 5.74) is 3.05. The van der Waals surface area contributed by atoms with Gasteiger partial charge in [0.2, 0.25) is 5.91 Å². The number of carbonyl (C=O) groups is 1. The highest BCUT2D eigenvalue weighted by molar-refractivity contribution is 5.81. The van der Waals surface area contributed by atoms with Crippen LogP contribution in [0.2, 0.25) is 0 Å². The fourth-order valence-electron chi connectivity index (χ4n) is 3.62. The molecule has 1 spiro atoms. The highest BCUT2D eigenvalue weighted by Gasteiger charge is 2.48. The van der Waals surface area contributed by atoms with Crippen LogP contribution in [0.3, 0.4) is 0 Å². The van der Waals surface area contributed by atoms with Gasteiger partial charge in [0.15, 0.2) is 0 Å². The minimum Gasteiger partial charge on any atom is -0.347 e. The largest absolute Gasteiger partial charge is 0.347 e. The quantitative estimate of drug-likeness (QED) is 0.847. The van der Waals surface area contributed by atoms with Crippen LogP contribution in [0.5, 0.6) is 0 Å². The molecule has 1 amide bonds. The Kier molecular flexibility index (Phi) is 2.84. The molecule has 0 unspecified atom stereocenters. The van der Waals surface area contributed by atoms with Gasteiger partial charge in [0.05, 0.1) is 0 Å². The van der Waals surface area contributed by atoms with Crippen LogP contribution in [0.25, 0.3) is 10.9 Å². The van der Waals surface area contributed by atoms with Crippen LogP contribution >= 0.6 is 0 Å². The molecule has 1 saturated carbocycles. The summed E-state index contributed by atoms with van der Waals surface area (Å²) in [5.74, 6) is 0.327. The molecule has 0 N–H and O–H groups in total. The van der Waals surface area contributed by atoms with Gasteiger partial charge in [0, 0.05) is 37.8 Å². The number of aryl methyl sites for hydroxylation is 2. The topological polar surface area (TPSA) is 25.2 Å². The second-order valence-electron chi connectivity index (χ2n) is 6.89. The molecule has 2 aromatic rings. The van der Waals surface area contributed by atoms with Gasteiger partial charge >= 0.3 is 0 Å². The molecule has 1 saturated heterocycles. The zero-order chi connectivity index (χ0) is 14.4. The molecule has 2 aliphatic rings. The lowest BCUT2D eigenvalue weighted by atomic mass is 10.1. The molecule has 1 aliphatic heterocycles. The Hall–Kier alpha value is -1.77. The van der Waals surface area contributed by atoms with E-state index < -0.39 is 0 Å². The van der Waals surface area contributed by atoms with E-state index in [1.54, 1.807) is 0 Å². The van der Waals surface area contributed by atoms with E-state index in [1.165, 1.54) is 35.7 Å². The van der Waals surface area contributed by atoms with Crippen molar-refractivity contribution in [1.82, 2.24) is 9.47 Å². The molecule has 3 heteroatoms. The van der Waals surface area contributed by atoms with Gasteiger partial charge in [-0.2, -0.15) is 0 Å². The Labute approximate surface area is 125 Å². The Morgan fingerprint density at radius 3 is 2.86 bits per heavy atom. The molecular formula is C18H22N2O. The second-order valence-corrected chi connectivity index (χ2v) is 6.89. The number of rotatable bonds is 3. The van der Waals surface area contributed by atoms with E-state index in [-0.39, 0.29) is 0 Å². The molecule has 3 nitrogen and oxygen atoms in total. The van der Waals surface area contributed by atoms with Crippen molar-refractivity contribution in [2.45, 2.75) is 39.2 Å². The Morgan fingerprint density at radius 2 is 2.10 bits per heavy atom. The predicted octanol–water partition coefficient (Wildman–Crippen LogP) is 3.35. The number of carbonyl (C=O) groups excluding carboxylic acids is 1. The Morgan fingerprint density at radius 1 is 1.24 bits per heavy atom. The molecule has 0 atom stereocenters. The lowest BCUT2D eigenvalue weighted by molar-refractivity contribution is -0.130. The minimum atomic E-state index is 0.327. The summed E-state index contributed by atoms with van der Waals surface area (Å²) in [6, 6.07) is 8.63. The number of fused-ring (bicyclic) bond motifs is 1. The fourth-order valence-corrected chi connectivity index (χ4v) is 3.62. The maximum Gasteiger partial charge on any atom is 0.224 e. The van der Waals surface area contributed by atoms with Crippen molar-refractivity contribution in [3.63, 3.8) is 0 Å². The van der Waals surface area contributed by atoms with E-state index in [1.807, 2.05) is 0 Å². The van der Waals surface area contributed by atoms with E-state index in [0.29, 0.717) is 17.7 Å². The second kappa shape index (κ2) is 4.62. The zero-order valence-corrected chi connectivity index (χ0v) is 12.6. The predicted molar refractivity (Wildman–Crippen MR) is 84.2 cm³/mol. The first-order valence-electron chi connectivity index (χ1n) is 7.99. The number of hydrogen-bond acceptors (Lipinski definition) is 1. The summed E-state index contributed by atoms with van der Waals surface area (Å²) in [5, 5.41) is 1.26. The molecular weight excluding hydrogens is 260 g/mol. The van der Waals surface area contributed by atoms with Gasteiger partial charge in [-0.25, -0.2) is 0 Å². The van der Waals surface area contributed by atoms with Gasteiger partial charge in [0.25, 0.3) is 0 Å². The van der Waals surface area contributed by atoms with Crippen LogP contribution in [0.4, 0.5) is 0 Å².